The molecule has 0 amide bonds. The van der Waals surface area contributed by atoms with E-state index in [1.54, 1.807) is 7.11 Å². The number of rotatable bonds is 2. The van der Waals surface area contributed by atoms with Crippen molar-refractivity contribution < 1.29 is 14.2 Å². The Hall–Kier alpha value is -0.120. The van der Waals surface area contributed by atoms with Crippen LogP contribution in [-0.2, 0) is 14.2 Å². The summed E-state index contributed by atoms with van der Waals surface area (Å²) in [6.07, 6.45) is 3.23. The highest BCUT2D eigenvalue weighted by atomic mass is 16.7. The molecule has 3 nitrogen and oxygen atoms in total. The van der Waals surface area contributed by atoms with E-state index in [1.807, 2.05) is 0 Å². The van der Waals surface area contributed by atoms with Crippen LogP contribution in [0.5, 0.6) is 0 Å². The minimum absolute atomic E-state index is 0.0987. The second kappa shape index (κ2) is 2.94. The number of ether oxygens (including phenoxy) is 3. The summed E-state index contributed by atoms with van der Waals surface area (Å²) in [6, 6.07) is 0. The molecular weight excluding hydrogens is 168 g/mol. The summed E-state index contributed by atoms with van der Waals surface area (Å²) in [5, 5.41) is 0. The van der Waals surface area contributed by atoms with Crippen molar-refractivity contribution >= 4 is 0 Å². The third-order valence-corrected chi connectivity index (χ3v) is 3.52. The van der Waals surface area contributed by atoms with Gasteiger partial charge in [-0.15, -0.1) is 0 Å². The first-order chi connectivity index (χ1) is 6.14. The van der Waals surface area contributed by atoms with Crippen molar-refractivity contribution in [2.75, 3.05) is 13.7 Å². The number of hydrogen-bond acceptors (Lipinski definition) is 3. The zero-order valence-corrected chi connectivity index (χ0v) is 8.63. The summed E-state index contributed by atoms with van der Waals surface area (Å²) >= 11 is 0. The second-order valence-electron chi connectivity index (χ2n) is 4.21. The van der Waals surface area contributed by atoms with Crippen LogP contribution in [0.15, 0.2) is 0 Å². The molecule has 2 fully saturated rings. The van der Waals surface area contributed by atoms with E-state index in [0.29, 0.717) is 6.61 Å². The Morgan fingerprint density at radius 1 is 1.54 bits per heavy atom. The van der Waals surface area contributed by atoms with Gasteiger partial charge in [-0.05, 0) is 19.8 Å². The van der Waals surface area contributed by atoms with Crippen molar-refractivity contribution in [3.05, 3.63) is 0 Å². The summed E-state index contributed by atoms with van der Waals surface area (Å²) in [5.41, 5.74) is -0.0987. The van der Waals surface area contributed by atoms with Gasteiger partial charge in [0.2, 0.25) is 0 Å². The summed E-state index contributed by atoms with van der Waals surface area (Å²) in [4.78, 5) is 0. The zero-order chi connectivity index (χ0) is 9.53. The van der Waals surface area contributed by atoms with E-state index in [9.17, 15) is 0 Å². The molecule has 0 saturated carbocycles. The van der Waals surface area contributed by atoms with Crippen molar-refractivity contribution in [3.63, 3.8) is 0 Å². The van der Waals surface area contributed by atoms with Gasteiger partial charge >= 0.3 is 0 Å². The van der Waals surface area contributed by atoms with Crippen LogP contribution in [0.4, 0.5) is 0 Å². The maximum Gasteiger partial charge on any atom is 0.192 e. The predicted molar refractivity (Wildman–Crippen MR) is 48.5 cm³/mol. The largest absolute Gasteiger partial charge is 0.367 e. The standard InChI is InChI=1S/C10H18O3/c1-4-9(2)8-5-6-10(11-3,13-8)7-12-9/h8H,4-7H2,1-3H3. The molecule has 0 aliphatic carbocycles. The number of methoxy groups -OCH3 is 1. The first-order valence-electron chi connectivity index (χ1n) is 5.01. The smallest absolute Gasteiger partial charge is 0.192 e. The molecule has 2 saturated heterocycles. The van der Waals surface area contributed by atoms with Crippen LogP contribution in [0.2, 0.25) is 0 Å². The number of hydrogen-bond donors (Lipinski definition) is 0. The maximum atomic E-state index is 5.89. The third-order valence-electron chi connectivity index (χ3n) is 3.52. The molecule has 0 aromatic carbocycles. The molecule has 0 spiro atoms. The minimum atomic E-state index is -0.431. The molecule has 0 aromatic rings. The predicted octanol–water partition coefficient (Wildman–Crippen LogP) is 1.71. The third kappa shape index (κ3) is 1.30. The fraction of sp³-hybridized carbons (Fsp3) is 1.00. The van der Waals surface area contributed by atoms with Gasteiger partial charge in [0.15, 0.2) is 5.79 Å². The monoisotopic (exact) mass is 186 g/mol. The fourth-order valence-corrected chi connectivity index (χ4v) is 2.17. The van der Waals surface area contributed by atoms with Gasteiger partial charge in [-0.25, -0.2) is 0 Å². The zero-order valence-electron chi connectivity index (χ0n) is 8.63. The first-order valence-corrected chi connectivity index (χ1v) is 5.01. The van der Waals surface area contributed by atoms with E-state index in [2.05, 4.69) is 13.8 Å². The summed E-state index contributed by atoms with van der Waals surface area (Å²) in [5.74, 6) is -0.431. The van der Waals surface area contributed by atoms with Gasteiger partial charge < -0.3 is 14.2 Å². The second-order valence-corrected chi connectivity index (χ2v) is 4.21. The van der Waals surface area contributed by atoms with Crippen molar-refractivity contribution in [1.29, 1.82) is 0 Å². The van der Waals surface area contributed by atoms with E-state index in [-0.39, 0.29) is 11.7 Å². The fourth-order valence-electron chi connectivity index (χ4n) is 2.17. The van der Waals surface area contributed by atoms with Crippen LogP contribution in [0.1, 0.15) is 33.1 Å². The summed E-state index contributed by atoms with van der Waals surface area (Å²) < 4.78 is 17.1. The van der Waals surface area contributed by atoms with Crippen LogP contribution in [-0.4, -0.2) is 31.2 Å². The SMILES string of the molecule is CCC1(C)OCC2(OC)CCC1O2. The lowest BCUT2D eigenvalue weighted by Crippen LogP contribution is -2.52. The highest BCUT2D eigenvalue weighted by Crippen LogP contribution is 2.44. The number of fused-ring (bicyclic) bond motifs is 2. The van der Waals surface area contributed by atoms with Gasteiger partial charge in [0.1, 0.15) is 6.61 Å². The molecule has 2 aliphatic rings. The van der Waals surface area contributed by atoms with Gasteiger partial charge in [-0.1, -0.05) is 6.92 Å². The molecule has 3 heteroatoms. The summed E-state index contributed by atoms with van der Waals surface area (Å²) in [7, 11) is 1.69. The van der Waals surface area contributed by atoms with Crippen molar-refractivity contribution in [1.82, 2.24) is 0 Å². The molecule has 0 N–H and O–H groups in total. The molecule has 3 atom stereocenters. The summed E-state index contributed by atoms with van der Waals surface area (Å²) in [6.45, 7) is 4.84. The van der Waals surface area contributed by atoms with Crippen LogP contribution in [0, 0.1) is 0 Å². The van der Waals surface area contributed by atoms with Crippen LogP contribution >= 0.6 is 0 Å². The molecule has 76 valence electrons. The van der Waals surface area contributed by atoms with E-state index in [1.165, 1.54) is 0 Å². The van der Waals surface area contributed by atoms with Gasteiger partial charge in [0.05, 0.1) is 11.7 Å². The highest BCUT2D eigenvalue weighted by Gasteiger charge is 2.53. The quantitative estimate of drug-likeness (QED) is 0.657. The van der Waals surface area contributed by atoms with Gasteiger partial charge in [-0.3, -0.25) is 0 Å². The lowest BCUT2D eigenvalue weighted by molar-refractivity contribution is -0.319. The molecule has 2 heterocycles. The van der Waals surface area contributed by atoms with Crippen molar-refractivity contribution in [2.45, 2.75) is 50.6 Å². The molecule has 0 aromatic heterocycles. The molecule has 13 heavy (non-hydrogen) atoms. The Labute approximate surface area is 79.4 Å². The Morgan fingerprint density at radius 3 is 2.92 bits per heavy atom. The molecule has 2 bridgehead atoms. The highest BCUT2D eigenvalue weighted by molar-refractivity contribution is 4.97. The lowest BCUT2D eigenvalue weighted by atomic mass is 9.94. The van der Waals surface area contributed by atoms with Gasteiger partial charge in [0, 0.05) is 13.5 Å². The molecule has 2 rings (SSSR count). The van der Waals surface area contributed by atoms with E-state index >= 15 is 0 Å². The van der Waals surface area contributed by atoms with E-state index < -0.39 is 5.79 Å². The van der Waals surface area contributed by atoms with Crippen LogP contribution in [0.25, 0.3) is 0 Å². The normalized spacial score (nSPS) is 49.6. The van der Waals surface area contributed by atoms with Crippen LogP contribution in [0.3, 0.4) is 0 Å². The molecule has 2 aliphatic heterocycles. The van der Waals surface area contributed by atoms with Gasteiger partial charge in [0.25, 0.3) is 0 Å². The maximum absolute atomic E-state index is 5.89. The lowest BCUT2D eigenvalue weighted by Gasteiger charge is -2.42. The average Bonchev–Trinajstić information content (AvgIpc) is 2.55. The van der Waals surface area contributed by atoms with Gasteiger partial charge in [-0.2, -0.15) is 0 Å². The Balaban J connectivity index is 2.14. The van der Waals surface area contributed by atoms with E-state index in [0.717, 1.165) is 19.3 Å². The van der Waals surface area contributed by atoms with E-state index in [4.69, 9.17) is 14.2 Å². The minimum Gasteiger partial charge on any atom is -0.367 e. The molecular formula is C10H18O3. The molecule has 0 radical (unpaired) electrons. The average molecular weight is 186 g/mol. The molecule has 3 unspecified atom stereocenters. The van der Waals surface area contributed by atoms with Crippen molar-refractivity contribution in [2.24, 2.45) is 0 Å². The van der Waals surface area contributed by atoms with Crippen LogP contribution < -0.4 is 0 Å². The Kier molecular flexibility index (Phi) is 2.13. The van der Waals surface area contributed by atoms with Crippen molar-refractivity contribution in [3.8, 4) is 0 Å². The first kappa shape index (κ1) is 9.44. The Morgan fingerprint density at radius 2 is 2.31 bits per heavy atom. The topological polar surface area (TPSA) is 27.7 Å². The Bertz CT molecular complexity index is 206.